The molecule has 0 aliphatic carbocycles. The molecule has 2 unspecified atom stereocenters. The summed E-state index contributed by atoms with van der Waals surface area (Å²) in [5.41, 5.74) is 0. The number of ether oxygens (including phenoxy) is 3. The van der Waals surface area contributed by atoms with Crippen molar-refractivity contribution in [1.29, 1.82) is 0 Å². The van der Waals surface area contributed by atoms with Crippen molar-refractivity contribution in [3.05, 3.63) is 24.3 Å². The van der Waals surface area contributed by atoms with Crippen molar-refractivity contribution in [2.24, 2.45) is 0 Å². The number of rotatable bonds is 42. The van der Waals surface area contributed by atoms with Gasteiger partial charge < -0.3 is 23.8 Å². The summed E-state index contributed by atoms with van der Waals surface area (Å²) >= 11 is 0. The maximum Gasteiger partial charge on any atom is 0.362 e. The van der Waals surface area contributed by atoms with E-state index < -0.39 is 18.1 Å². The molecule has 0 aliphatic heterocycles. The lowest BCUT2D eigenvalue weighted by Crippen LogP contribution is -2.50. The molecule has 0 saturated carbocycles. The molecule has 8 nitrogen and oxygen atoms in total. The highest BCUT2D eigenvalue weighted by Crippen LogP contribution is 2.16. The number of carboxylic acid groups (broad SMARTS) is 1. The lowest BCUT2D eigenvalue weighted by Gasteiger charge is -2.31. The second-order valence-electron chi connectivity index (χ2n) is 17.0. The van der Waals surface area contributed by atoms with Crippen LogP contribution in [0.3, 0.4) is 0 Å². The molecule has 0 heterocycles. The van der Waals surface area contributed by atoms with Gasteiger partial charge in [0.2, 0.25) is 0 Å². The van der Waals surface area contributed by atoms with Crippen molar-refractivity contribution >= 4 is 17.9 Å². The van der Waals surface area contributed by atoms with E-state index in [1.165, 1.54) is 128 Å². The number of carbonyl (C=O) groups excluding carboxylic acids is 2. The van der Waals surface area contributed by atoms with Crippen LogP contribution in [0, 0.1) is 0 Å². The predicted molar refractivity (Wildman–Crippen MR) is 234 cm³/mol. The van der Waals surface area contributed by atoms with Gasteiger partial charge in [-0.05, 0) is 32.1 Å². The fourth-order valence-electron chi connectivity index (χ4n) is 6.95. The molecule has 0 radical (unpaired) electrons. The molecule has 0 aromatic rings. The summed E-state index contributed by atoms with van der Waals surface area (Å²) in [5, 5.41) is 9.62. The van der Waals surface area contributed by atoms with E-state index in [1.54, 1.807) is 0 Å². The largest absolute Gasteiger partial charge is 0.477 e. The number of aliphatic carboxylic acids is 1. The van der Waals surface area contributed by atoms with Gasteiger partial charge in [-0.1, -0.05) is 186 Å². The summed E-state index contributed by atoms with van der Waals surface area (Å²) in [5.74, 6) is -1.49. The molecular formula is C48H90NO7+. The van der Waals surface area contributed by atoms with Crippen LogP contribution in [0.1, 0.15) is 213 Å². The fourth-order valence-corrected chi connectivity index (χ4v) is 6.95. The van der Waals surface area contributed by atoms with Crippen LogP contribution in [-0.4, -0.2) is 80.6 Å². The second kappa shape index (κ2) is 39.6. The van der Waals surface area contributed by atoms with Crippen LogP contribution < -0.4 is 0 Å². The maximum absolute atomic E-state index is 12.7. The Bertz CT molecular complexity index is 973. The lowest BCUT2D eigenvalue weighted by molar-refractivity contribution is -0.887. The molecule has 0 aromatic carbocycles. The van der Waals surface area contributed by atoms with Gasteiger partial charge in [-0.3, -0.25) is 9.59 Å². The Hall–Kier alpha value is -2.19. The zero-order valence-corrected chi connectivity index (χ0v) is 37.3. The highest BCUT2D eigenvalue weighted by atomic mass is 16.6. The van der Waals surface area contributed by atoms with Crippen molar-refractivity contribution in [3.8, 4) is 0 Å². The maximum atomic E-state index is 12.7. The molecule has 0 amide bonds. The molecule has 8 heteroatoms. The van der Waals surface area contributed by atoms with E-state index >= 15 is 0 Å². The molecule has 0 spiro atoms. The van der Waals surface area contributed by atoms with E-state index in [2.05, 4.69) is 38.2 Å². The third kappa shape index (κ3) is 37.4. The van der Waals surface area contributed by atoms with Crippen LogP contribution in [0.25, 0.3) is 0 Å². The standard InChI is InChI=1S/C48H89NO7/c1-6-8-10-12-14-16-18-19-20-21-22-23-24-25-26-27-29-31-33-35-37-39-47(51)56-44(42-54-41-40-45(48(52)53)49(3,4)5)43-55-46(50)38-36-34-32-30-28-17-15-13-11-9-7-2/h13,15,17,28,44-45H,6-12,14,16,18-27,29-43H2,1-5H3/p+1/b15-13+,28-17+. The van der Waals surface area contributed by atoms with Gasteiger partial charge in [0, 0.05) is 19.3 Å². The minimum Gasteiger partial charge on any atom is -0.477 e. The van der Waals surface area contributed by atoms with Crippen molar-refractivity contribution in [2.75, 3.05) is 41.0 Å². The van der Waals surface area contributed by atoms with Gasteiger partial charge in [-0.15, -0.1) is 0 Å². The van der Waals surface area contributed by atoms with Crippen LogP contribution >= 0.6 is 0 Å². The van der Waals surface area contributed by atoms with Crippen LogP contribution in [0.5, 0.6) is 0 Å². The van der Waals surface area contributed by atoms with Gasteiger partial charge >= 0.3 is 17.9 Å². The summed E-state index contributed by atoms with van der Waals surface area (Å²) < 4.78 is 17.3. The van der Waals surface area contributed by atoms with Crippen LogP contribution in [0.2, 0.25) is 0 Å². The number of carbonyl (C=O) groups is 3. The van der Waals surface area contributed by atoms with E-state index in [0.29, 0.717) is 19.3 Å². The zero-order chi connectivity index (χ0) is 41.4. The minimum atomic E-state index is -0.877. The van der Waals surface area contributed by atoms with E-state index in [-0.39, 0.29) is 36.2 Å². The molecule has 0 saturated heterocycles. The number of esters is 2. The molecule has 2 atom stereocenters. The summed E-state index contributed by atoms with van der Waals surface area (Å²) in [7, 11) is 5.52. The number of hydrogen-bond donors (Lipinski definition) is 1. The minimum absolute atomic E-state index is 0.0566. The number of nitrogens with zero attached hydrogens (tertiary/aromatic N) is 1. The molecule has 328 valence electrons. The number of quaternary nitrogens is 1. The molecule has 0 bridgehead atoms. The summed E-state index contributed by atoms with van der Waals surface area (Å²) in [6, 6.07) is -0.615. The molecule has 1 N–H and O–H groups in total. The Morgan fingerprint density at radius 1 is 0.536 bits per heavy atom. The van der Waals surface area contributed by atoms with Crippen molar-refractivity contribution in [3.63, 3.8) is 0 Å². The Balaban J connectivity index is 4.22. The summed E-state index contributed by atoms with van der Waals surface area (Å²) in [6.07, 6.45) is 43.8. The quantitative estimate of drug-likeness (QED) is 0.0284. The summed E-state index contributed by atoms with van der Waals surface area (Å²) in [6.45, 7) is 4.68. The first-order valence-electron chi connectivity index (χ1n) is 23.4. The van der Waals surface area contributed by atoms with Gasteiger partial charge in [0.25, 0.3) is 0 Å². The van der Waals surface area contributed by atoms with Gasteiger partial charge in [0.05, 0.1) is 34.4 Å². The van der Waals surface area contributed by atoms with Crippen LogP contribution in [-0.2, 0) is 28.6 Å². The number of unbranched alkanes of at least 4 members (excludes halogenated alkanes) is 25. The van der Waals surface area contributed by atoms with Crippen LogP contribution in [0.15, 0.2) is 24.3 Å². The first-order valence-corrected chi connectivity index (χ1v) is 23.4. The number of carboxylic acids is 1. The van der Waals surface area contributed by atoms with Crippen LogP contribution in [0.4, 0.5) is 0 Å². The lowest BCUT2D eigenvalue weighted by atomic mass is 10.0. The fraction of sp³-hybridized carbons (Fsp3) is 0.854. The smallest absolute Gasteiger partial charge is 0.362 e. The first kappa shape index (κ1) is 53.8. The monoisotopic (exact) mass is 793 g/mol. The third-order valence-corrected chi connectivity index (χ3v) is 10.6. The Kier molecular flexibility index (Phi) is 38.1. The van der Waals surface area contributed by atoms with Gasteiger partial charge in [0.15, 0.2) is 12.1 Å². The highest BCUT2D eigenvalue weighted by Gasteiger charge is 2.31. The SMILES string of the molecule is CCCC/C=C/C=C/CCCCCC(=O)OCC(COCCC(C(=O)O)[N+](C)(C)C)OC(=O)CCCCCCCCCCCCCCCCCCCCCCC. The molecule has 0 aliphatic rings. The normalized spacial score (nSPS) is 13.1. The predicted octanol–water partition coefficient (Wildman–Crippen LogP) is 12.9. The molecular weight excluding hydrogens is 703 g/mol. The van der Waals surface area contributed by atoms with Crippen molar-refractivity contribution in [1.82, 2.24) is 0 Å². The molecule has 0 rings (SSSR count). The zero-order valence-electron chi connectivity index (χ0n) is 37.3. The molecule has 0 aromatic heterocycles. The van der Waals surface area contributed by atoms with Gasteiger partial charge in [-0.25, -0.2) is 4.79 Å². The number of likely N-dealkylation sites (N-methyl/N-ethyl adjacent to an activating group) is 1. The molecule has 56 heavy (non-hydrogen) atoms. The van der Waals surface area contributed by atoms with Gasteiger partial charge in [0.1, 0.15) is 6.61 Å². The third-order valence-electron chi connectivity index (χ3n) is 10.6. The Morgan fingerprint density at radius 3 is 1.39 bits per heavy atom. The van der Waals surface area contributed by atoms with Gasteiger partial charge in [-0.2, -0.15) is 0 Å². The second-order valence-corrected chi connectivity index (χ2v) is 17.0. The summed E-state index contributed by atoms with van der Waals surface area (Å²) in [4.78, 5) is 36.9. The van der Waals surface area contributed by atoms with Crippen molar-refractivity contribution in [2.45, 2.75) is 225 Å². The Labute approximate surface area is 345 Å². The number of hydrogen-bond acceptors (Lipinski definition) is 6. The number of allylic oxidation sites excluding steroid dienone is 4. The highest BCUT2D eigenvalue weighted by molar-refractivity contribution is 5.72. The topological polar surface area (TPSA) is 99.1 Å². The Morgan fingerprint density at radius 2 is 0.946 bits per heavy atom. The van der Waals surface area contributed by atoms with E-state index in [9.17, 15) is 19.5 Å². The first-order chi connectivity index (χ1) is 27.1. The average Bonchev–Trinajstić information content (AvgIpc) is 3.15. The van der Waals surface area contributed by atoms with E-state index in [0.717, 1.165) is 51.4 Å². The van der Waals surface area contributed by atoms with Crippen molar-refractivity contribution < 1.29 is 38.2 Å². The molecule has 0 fully saturated rings. The van der Waals surface area contributed by atoms with E-state index in [4.69, 9.17) is 14.2 Å². The van der Waals surface area contributed by atoms with E-state index in [1.807, 2.05) is 21.1 Å². The average molecular weight is 793 g/mol.